The van der Waals surface area contributed by atoms with Crippen LogP contribution in [0.4, 0.5) is 0 Å². The quantitative estimate of drug-likeness (QED) is 0.725. The molecular formula is C13H16N2O. The second kappa shape index (κ2) is 5.00. The Morgan fingerprint density at radius 1 is 1.56 bits per heavy atom. The molecule has 3 heteroatoms. The standard InChI is InChI=1S/C13H16N2O/c1-16-13-4-2-3-11(9-13)12-5-7-15(10-12)8-6-14/h2-4,9,12H,5,7-8,10H2,1H3/t12-/m1/s1. The monoisotopic (exact) mass is 216 g/mol. The van der Waals surface area contributed by atoms with Gasteiger partial charge in [-0.15, -0.1) is 0 Å². The summed E-state index contributed by atoms with van der Waals surface area (Å²) in [7, 11) is 1.69. The van der Waals surface area contributed by atoms with Crippen LogP contribution in [0.5, 0.6) is 5.75 Å². The lowest BCUT2D eigenvalue weighted by atomic mass is 9.98. The molecule has 1 aliphatic rings. The van der Waals surface area contributed by atoms with Crippen molar-refractivity contribution in [1.82, 2.24) is 4.90 Å². The molecule has 3 nitrogen and oxygen atoms in total. The molecule has 0 N–H and O–H groups in total. The highest BCUT2D eigenvalue weighted by Crippen LogP contribution is 2.28. The van der Waals surface area contributed by atoms with Gasteiger partial charge in [0.15, 0.2) is 0 Å². The first-order chi connectivity index (χ1) is 7.83. The van der Waals surface area contributed by atoms with E-state index in [2.05, 4.69) is 23.1 Å². The van der Waals surface area contributed by atoms with E-state index in [4.69, 9.17) is 10.00 Å². The number of ether oxygens (including phenoxy) is 1. The van der Waals surface area contributed by atoms with E-state index in [1.54, 1.807) is 7.11 Å². The minimum absolute atomic E-state index is 0.542. The molecule has 0 saturated carbocycles. The molecule has 1 aromatic rings. The molecular weight excluding hydrogens is 200 g/mol. The topological polar surface area (TPSA) is 36.3 Å². The summed E-state index contributed by atoms with van der Waals surface area (Å²) in [4.78, 5) is 2.20. The highest BCUT2D eigenvalue weighted by atomic mass is 16.5. The summed E-state index contributed by atoms with van der Waals surface area (Å²) in [5, 5.41) is 8.65. The van der Waals surface area contributed by atoms with Crippen LogP contribution in [0.1, 0.15) is 17.9 Å². The van der Waals surface area contributed by atoms with Crippen molar-refractivity contribution in [1.29, 1.82) is 5.26 Å². The number of rotatable bonds is 3. The number of nitriles is 1. The Hall–Kier alpha value is -1.53. The largest absolute Gasteiger partial charge is 0.497 e. The third-order valence-electron chi connectivity index (χ3n) is 3.13. The first kappa shape index (κ1) is 11.0. The molecule has 1 aromatic carbocycles. The van der Waals surface area contributed by atoms with Crippen molar-refractivity contribution in [3.63, 3.8) is 0 Å². The fraction of sp³-hybridized carbons (Fsp3) is 0.462. The normalized spacial score (nSPS) is 20.6. The Balaban J connectivity index is 2.05. The Kier molecular flexibility index (Phi) is 3.43. The molecule has 84 valence electrons. The fourth-order valence-electron chi connectivity index (χ4n) is 2.24. The summed E-state index contributed by atoms with van der Waals surface area (Å²) >= 11 is 0. The molecule has 0 bridgehead atoms. The Morgan fingerprint density at radius 2 is 2.44 bits per heavy atom. The Labute approximate surface area is 96.2 Å². The van der Waals surface area contributed by atoms with Crippen molar-refractivity contribution in [3.8, 4) is 11.8 Å². The zero-order chi connectivity index (χ0) is 11.4. The number of likely N-dealkylation sites (tertiary alicyclic amines) is 1. The van der Waals surface area contributed by atoms with Gasteiger partial charge in [0.05, 0.1) is 19.7 Å². The maximum Gasteiger partial charge on any atom is 0.119 e. The average Bonchev–Trinajstić information content (AvgIpc) is 2.78. The van der Waals surface area contributed by atoms with Gasteiger partial charge in [0.1, 0.15) is 5.75 Å². The number of hydrogen-bond donors (Lipinski definition) is 0. The second-order valence-electron chi connectivity index (χ2n) is 4.16. The van der Waals surface area contributed by atoms with Crippen molar-refractivity contribution in [2.75, 3.05) is 26.7 Å². The van der Waals surface area contributed by atoms with Gasteiger partial charge >= 0.3 is 0 Å². The number of benzene rings is 1. The van der Waals surface area contributed by atoms with Gasteiger partial charge < -0.3 is 4.74 Å². The predicted octanol–water partition coefficient (Wildman–Crippen LogP) is 2.01. The Bertz CT molecular complexity index is 397. The molecule has 0 aliphatic carbocycles. The van der Waals surface area contributed by atoms with E-state index in [1.807, 2.05) is 12.1 Å². The summed E-state index contributed by atoms with van der Waals surface area (Å²) < 4.78 is 5.22. The van der Waals surface area contributed by atoms with Gasteiger partial charge in [0.25, 0.3) is 0 Å². The zero-order valence-corrected chi connectivity index (χ0v) is 9.52. The lowest BCUT2D eigenvalue weighted by Crippen LogP contribution is -2.20. The third-order valence-corrected chi connectivity index (χ3v) is 3.13. The highest BCUT2D eigenvalue weighted by molar-refractivity contribution is 5.31. The second-order valence-corrected chi connectivity index (χ2v) is 4.16. The van der Waals surface area contributed by atoms with Crippen LogP contribution in [-0.2, 0) is 0 Å². The Morgan fingerprint density at radius 3 is 3.19 bits per heavy atom. The predicted molar refractivity (Wildman–Crippen MR) is 62.4 cm³/mol. The van der Waals surface area contributed by atoms with E-state index < -0.39 is 0 Å². The summed E-state index contributed by atoms with van der Waals surface area (Å²) in [6.45, 7) is 2.55. The molecule has 0 unspecified atom stereocenters. The van der Waals surface area contributed by atoms with Crippen LogP contribution in [0.25, 0.3) is 0 Å². The molecule has 0 spiro atoms. The van der Waals surface area contributed by atoms with Gasteiger partial charge in [-0.3, -0.25) is 4.90 Å². The lowest BCUT2D eigenvalue weighted by Gasteiger charge is -2.13. The molecule has 0 aromatic heterocycles. The molecule has 1 atom stereocenters. The van der Waals surface area contributed by atoms with Crippen LogP contribution < -0.4 is 4.74 Å². The number of nitrogens with zero attached hydrogens (tertiary/aromatic N) is 2. The lowest BCUT2D eigenvalue weighted by molar-refractivity contribution is 0.375. The molecule has 0 amide bonds. The number of hydrogen-bond acceptors (Lipinski definition) is 3. The summed E-state index contributed by atoms with van der Waals surface area (Å²) in [5.74, 6) is 1.46. The van der Waals surface area contributed by atoms with Gasteiger partial charge in [-0.25, -0.2) is 0 Å². The maximum atomic E-state index is 8.65. The highest BCUT2D eigenvalue weighted by Gasteiger charge is 2.23. The van der Waals surface area contributed by atoms with Gasteiger partial charge in [0, 0.05) is 6.54 Å². The minimum atomic E-state index is 0.542. The maximum absolute atomic E-state index is 8.65. The summed E-state index contributed by atoms with van der Waals surface area (Å²) in [6.07, 6.45) is 1.13. The van der Waals surface area contributed by atoms with Gasteiger partial charge in [-0.1, -0.05) is 12.1 Å². The van der Waals surface area contributed by atoms with E-state index >= 15 is 0 Å². The minimum Gasteiger partial charge on any atom is -0.497 e. The van der Waals surface area contributed by atoms with Crippen LogP contribution in [0.3, 0.4) is 0 Å². The van der Waals surface area contributed by atoms with Crippen molar-refractivity contribution in [3.05, 3.63) is 29.8 Å². The van der Waals surface area contributed by atoms with Gasteiger partial charge in [-0.2, -0.15) is 5.26 Å². The smallest absolute Gasteiger partial charge is 0.119 e. The SMILES string of the molecule is COc1cccc([C@@H]2CCN(CC#N)C2)c1. The molecule has 1 heterocycles. The first-order valence-electron chi connectivity index (χ1n) is 5.56. The zero-order valence-electron chi connectivity index (χ0n) is 9.52. The van der Waals surface area contributed by atoms with Crippen LogP contribution in [0, 0.1) is 11.3 Å². The van der Waals surface area contributed by atoms with Gasteiger partial charge in [0.2, 0.25) is 0 Å². The molecule has 2 rings (SSSR count). The van der Waals surface area contributed by atoms with Crippen LogP contribution >= 0.6 is 0 Å². The van der Waals surface area contributed by atoms with Gasteiger partial charge in [-0.05, 0) is 36.6 Å². The third kappa shape index (κ3) is 2.34. The van der Waals surface area contributed by atoms with E-state index in [0.717, 1.165) is 25.3 Å². The number of methoxy groups -OCH3 is 1. The van der Waals surface area contributed by atoms with Crippen molar-refractivity contribution >= 4 is 0 Å². The van der Waals surface area contributed by atoms with Crippen LogP contribution in [-0.4, -0.2) is 31.6 Å². The average molecular weight is 216 g/mol. The van der Waals surface area contributed by atoms with E-state index in [-0.39, 0.29) is 0 Å². The van der Waals surface area contributed by atoms with E-state index in [0.29, 0.717) is 12.5 Å². The molecule has 1 aliphatic heterocycles. The van der Waals surface area contributed by atoms with Crippen LogP contribution in [0.2, 0.25) is 0 Å². The van der Waals surface area contributed by atoms with Crippen molar-refractivity contribution in [2.24, 2.45) is 0 Å². The fourth-order valence-corrected chi connectivity index (χ4v) is 2.24. The molecule has 0 radical (unpaired) electrons. The van der Waals surface area contributed by atoms with Crippen molar-refractivity contribution in [2.45, 2.75) is 12.3 Å². The van der Waals surface area contributed by atoms with Crippen molar-refractivity contribution < 1.29 is 4.74 Å². The summed E-state index contributed by atoms with van der Waals surface area (Å²) in [6, 6.07) is 10.4. The first-order valence-corrected chi connectivity index (χ1v) is 5.56. The van der Waals surface area contributed by atoms with Crippen LogP contribution in [0.15, 0.2) is 24.3 Å². The van der Waals surface area contributed by atoms with E-state index in [9.17, 15) is 0 Å². The molecule has 1 saturated heterocycles. The van der Waals surface area contributed by atoms with E-state index in [1.165, 1.54) is 5.56 Å². The molecule has 16 heavy (non-hydrogen) atoms. The summed E-state index contributed by atoms with van der Waals surface area (Å²) in [5.41, 5.74) is 1.32. The molecule has 1 fully saturated rings.